The molecule has 212 valence electrons. The lowest BCUT2D eigenvalue weighted by atomic mass is 9.54. The minimum absolute atomic E-state index is 0.00324. The second-order valence-electron chi connectivity index (χ2n) is 12.0. The fraction of sp³-hybridized carbons (Fsp3) is 0.531. The molecule has 0 radical (unpaired) electrons. The SMILES string of the molecule is C=CC[N@@+]1(CC(C)C)CC[C@]2(c3cccc(OC)c3)C[C@H](NC(=O)Cc3ccc(Cl)c(Cl)c3)CCC2(OC)C1. The number of nitrogens with zero attached hydrogens (tertiary/aromatic N) is 1. The van der Waals surface area contributed by atoms with Gasteiger partial charge in [-0.15, -0.1) is 0 Å². The topological polar surface area (TPSA) is 47.6 Å². The van der Waals surface area contributed by atoms with Crippen LogP contribution in [-0.4, -0.2) is 62.4 Å². The number of methoxy groups -OCH3 is 2. The summed E-state index contributed by atoms with van der Waals surface area (Å²) in [5.41, 5.74) is 1.47. The van der Waals surface area contributed by atoms with E-state index in [9.17, 15) is 4.79 Å². The fourth-order valence-electron chi connectivity index (χ4n) is 7.44. The standard InChI is InChI=1S/C32H42Cl2N2O3/c1-6-15-36(21-23(2)3)16-14-31(25-8-7-9-27(19-25)38-4)20-26(12-13-32(31,22-36)39-5)35-30(37)18-24-10-11-28(33)29(34)17-24/h6-11,17,19,23,26H,1,12-16,18,20-22H2,2-5H3/p+1/t26-,31-,32?,36+/m1/s1. The Hall–Kier alpha value is -2.05. The molecule has 4 atom stereocenters. The molecule has 0 spiro atoms. The molecule has 1 N–H and O–H groups in total. The van der Waals surface area contributed by atoms with E-state index < -0.39 is 0 Å². The summed E-state index contributed by atoms with van der Waals surface area (Å²) >= 11 is 12.3. The molecule has 1 saturated carbocycles. The van der Waals surface area contributed by atoms with Gasteiger partial charge in [-0.1, -0.05) is 61.8 Å². The molecule has 39 heavy (non-hydrogen) atoms. The van der Waals surface area contributed by atoms with E-state index in [0.717, 1.165) is 67.7 Å². The van der Waals surface area contributed by atoms with Crippen LogP contribution in [0.2, 0.25) is 10.0 Å². The number of hydrogen-bond acceptors (Lipinski definition) is 3. The Kier molecular flexibility index (Phi) is 9.37. The number of amides is 1. The lowest BCUT2D eigenvalue weighted by Crippen LogP contribution is -2.73. The van der Waals surface area contributed by atoms with Crippen LogP contribution in [0.1, 0.15) is 50.7 Å². The van der Waals surface area contributed by atoms with Gasteiger partial charge in [-0.25, -0.2) is 0 Å². The molecule has 0 bridgehead atoms. The third-order valence-electron chi connectivity index (χ3n) is 8.96. The van der Waals surface area contributed by atoms with Crippen LogP contribution in [0.25, 0.3) is 0 Å². The van der Waals surface area contributed by atoms with Gasteiger partial charge >= 0.3 is 0 Å². The van der Waals surface area contributed by atoms with Gasteiger partial charge in [0.1, 0.15) is 17.9 Å². The van der Waals surface area contributed by atoms with Gasteiger partial charge < -0.3 is 19.3 Å². The quantitative estimate of drug-likeness (QED) is 0.257. The van der Waals surface area contributed by atoms with Crippen molar-refractivity contribution in [3.05, 3.63) is 76.3 Å². The summed E-state index contributed by atoms with van der Waals surface area (Å²) in [5, 5.41) is 4.31. The summed E-state index contributed by atoms with van der Waals surface area (Å²) in [6, 6.07) is 13.9. The van der Waals surface area contributed by atoms with Crippen LogP contribution in [0.5, 0.6) is 5.75 Å². The minimum Gasteiger partial charge on any atom is -0.497 e. The molecule has 1 unspecified atom stereocenters. The summed E-state index contributed by atoms with van der Waals surface area (Å²) in [7, 11) is 3.59. The van der Waals surface area contributed by atoms with Crippen molar-refractivity contribution < 1.29 is 18.8 Å². The van der Waals surface area contributed by atoms with Crippen molar-refractivity contribution in [2.75, 3.05) is 40.4 Å². The molecule has 1 saturated heterocycles. The summed E-state index contributed by atoms with van der Waals surface area (Å²) in [6.07, 6.45) is 5.85. The Labute approximate surface area is 244 Å². The first-order valence-electron chi connectivity index (χ1n) is 14.0. The van der Waals surface area contributed by atoms with Crippen molar-refractivity contribution >= 4 is 29.1 Å². The number of fused-ring (bicyclic) bond motifs is 1. The summed E-state index contributed by atoms with van der Waals surface area (Å²) in [4.78, 5) is 13.2. The number of carbonyl (C=O) groups excluding carboxylic acids is 1. The largest absolute Gasteiger partial charge is 0.497 e. The molecule has 2 aromatic carbocycles. The van der Waals surface area contributed by atoms with Gasteiger partial charge in [0.25, 0.3) is 0 Å². The average molecular weight is 575 g/mol. The van der Waals surface area contributed by atoms with E-state index in [1.165, 1.54) is 5.56 Å². The highest BCUT2D eigenvalue weighted by Crippen LogP contribution is 2.55. The highest BCUT2D eigenvalue weighted by molar-refractivity contribution is 6.42. The van der Waals surface area contributed by atoms with Crippen LogP contribution in [0, 0.1) is 5.92 Å². The molecular weight excluding hydrogens is 531 g/mol. The molecule has 2 aromatic rings. The summed E-state index contributed by atoms with van der Waals surface area (Å²) < 4.78 is 13.3. The number of halogens is 2. The Morgan fingerprint density at radius 1 is 1.18 bits per heavy atom. The zero-order valence-corrected chi connectivity index (χ0v) is 25.3. The second kappa shape index (κ2) is 12.2. The first kappa shape index (κ1) is 29.9. The van der Waals surface area contributed by atoms with Crippen molar-refractivity contribution in [2.45, 2.75) is 63.0 Å². The fourth-order valence-corrected chi connectivity index (χ4v) is 7.76. The van der Waals surface area contributed by atoms with Crippen LogP contribution >= 0.6 is 23.2 Å². The maximum absolute atomic E-state index is 13.2. The number of hydrogen-bond donors (Lipinski definition) is 1. The van der Waals surface area contributed by atoms with Crippen LogP contribution in [0.15, 0.2) is 55.1 Å². The Balaban J connectivity index is 1.66. The lowest BCUT2D eigenvalue weighted by Gasteiger charge is -2.62. The highest BCUT2D eigenvalue weighted by Gasteiger charge is 2.63. The van der Waals surface area contributed by atoms with Crippen molar-refractivity contribution in [3.63, 3.8) is 0 Å². The normalized spacial score (nSPS) is 28.5. The van der Waals surface area contributed by atoms with Crippen LogP contribution < -0.4 is 10.1 Å². The Morgan fingerprint density at radius 3 is 2.64 bits per heavy atom. The van der Waals surface area contributed by atoms with Crippen LogP contribution in [0.3, 0.4) is 0 Å². The molecule has 7 heteroatoms. The molecule has 1 amide bonds. The molecule has 2 fully saturated rings. The summed E-state index contributed by atoms with van der Waals surface area (Å²) in [6.45, 7) is 12.7. The van der Waals surface area contributed by atoms with E-state index in [2.05, 4.69) is 50.0 Å². The maximum atomic E-state index is 13.2. The van der Waals surface area contributed by atoms with E-state index in [1.807, 2.05) is 19.2 Å². The molecule has 1 aliphatic carbocycles. The first-order valence-corrected chi connectivity index (χ1v) is 14.7. The van der Waals surface area contributed by atoms with Crippen LogP contribution in [-0.2, 0) is 21.4 Å². The number of piperidine rings is 1. The van der Waals surface area contributed by atoms with Crippen molar-refractivity contribution in [1.82, 2.24) is 5.32 Å². The lowest BCUT2D eigenvalue weighted by molar-refractivity contribution is -0.938. The predicted molar refractivity (Wildman–Crippen MR) is 160 cm³/mol. The number of likely N-dealkylation sites (tertiary alicyclic amines) is 1. The number of benzene rings is 2. The van der Waals surface area contributed by atoms with E-state index >= 15 is 0 Å². The maximum Gasteiger partial charge on any atom is 0.224 e. The Morgan fingerprint density at radius 2 is 1.97 bits per heavy atom. The van der Waals surface area contributed by atoms with E-state index in [1.54, 1.807) is 19.2 Å². The van der Waals surface area contributed by atoms with E-state index in [-0.39, 0.29) is 29.4 Å². The molecule has 1 aliphatic heterocycles. The average Bonchev–Trinajstić information content (AvgIpc) is 2.90. The third-order valence-corrected chi connectivity index (χ3v) is 9.70. The number of quaternary nitrogens is 1. The number of ether oxygens (including phenoxy) is 2. The van der Waals surface area contributed by atoms with Gasteiger partial charge in [0.2, 0.25) is 5.91 Å². The number of nitrogens with one attached hydrogen (secondary N) is 1. The van der Waals surface area contributed by atoms with Gasteiger partial charge in [0, 0.05) is 30.9 Å². The number of carbonyl (C=O) groups is 1. The summed E-state index contributed by atoms with van der Waals surface area (Å²) in [5.74, 6) is 1.41. The highest BCUT2D eigenvalue weighted by atomic mass is 35.5. The third kappa shape index (κ3) is 6.17. The van der Waals surface area contributed by atoms with Gasteiger partial charge in [-0.05, 0) is 60.7 Å². The smallest absolute Gasteiger partial charge is 0.224 e. The van der Waals surface area contributed by atoms with Crippen molar-refractivity contribution in [1.29, 1.82) is 0 Å². The second-order valence-corrected chi connectivity index (χ2v) is 12.8. The molecule has 5 nitrogen and oxygen atoms in total. The molecule has 2 aliphatic rings. The molecule has 1 heterocycles. The van der Waals surface area contributed by atoms with Crippen LogP contribution in [0.4, 0.5) is 0 Å². The molecule has 0 aromatic heterocycles. The van der Waals surface area contributed by atoms with E-state index in [0.29, 0.717) is 16.0 Å². The molecule has 4 rings (SSSR count). The van der Waals surface area contributed by atoms with Gasteiger partial charge in [-0.3, -0.25) is 4.79 Å². The monoisotopic (exact) mass is 573 g/mol. The van der Waals surface area contributed by atoms with Gasteiger partial charge in [0.15, 0.2) is 0 Å². The predicted octanol–water partition coefficient (Wildman–Crippen LogP) is 6.60. The van der Waals surface area contributed by atoms with Crippen molar-refractivity contribution in [3.8, 4) is 5.75 Å². The number of rotatable bonds is 10. The van der Waals surface area contributed by atoms with E-state index in [4.69, 9.17) is 32.7 Å². The molecular formula is C32H43Cl2N2O3+. The Bertz CT molecular complexity index is 1190. The van der Waals surface area contributed by atoms with Gasteiger partial charge in [-0.2, -0.15) is 0 Å². The zero-order valence-electron chi connectivity index (χ0n) is 23.8. The zero-order chi connectivity index (χ0) is 28.3. The van der Waals surface area contributed by atoms with Gasteiger partial charge in [0.05, 0.1) is 43.2 Å². The first-order chi connectivity index (χ1) is 18.6. The minimum atomic E-state index is -0.361. The van der Waals surface area contributed by atoms with Crippen molar-refractivity contribution in [2.24, 2.45) is 5.92 Å².